The number of anilines is 1. The Morgan fingerprint density at radius 2 is 2.16 bits per heavy atom. The van der Waals surface area contributed by atoms with Gasteiger partial charge in [0.15, 0.2) is 0 Å². The van der Waals surface area contributed by atoms with Crippen LogP contribution in [0.15, 0.2) is 24.3 Å². The average molecular weight is 344 g/mol. The first-order chi connectivity index (χ1) is 12.0. The minimum Gasteiger partial charge on any atom is -0.351 e. The van der Waals surface area contributed by atoms with E-state index in [9.17, 15) is 9.59 Å². The maximum Gasteiger partial charge on any atom is 0.321 e. The van der Waals surface area contributed by atoms with Crippen molar-refractivity contribution in [3.05, 3.63) is 29.8 Å². The zero-order valence-electron chi connectivity index (χ0n) is 15.1. The van der Waals surface area contributed by atoms with Crippen molar-refractivity contribution in [1.82, 2.24) is 15.5 Å². The first-order valence-corrected chi connectivity index (χ1v) is 9.07. The molecule has 0 radical (unpaired) electrons. The van der Waals surface area contributed by atoms with Crippen LogP contribution in [0.25, 0.3) is 0 Å². The molecular formula is C19H28N4O2. The Labute approximate surface area is 149 Å². The van der Waals surface area contributed by atoms with Crippen molar-refractivity contribution in [2.24, 2.45) is 11.3 Å². The number of nitrogens with one attached hydrogen (secondary N) is 3. The average Bonchev–Trinajstić information content (AvgIpc) is 3.05. The summed E-state index contributed by atoms with van der Waals surface area (Å²) in [6.07, 6.45) is 4.49. The second-order valence-electron chi connectivity index (χ2n) is 7.44. The van der Waals surface area contributed by atoms with Gasteiger partial charge in [-0.2, -0.15) is 0 Å². The third kappa shape index (κ3) is 3.79. The first kappa shape index (κ1) is 17.7. The van der Waals surface area contributed by atoms with Gasteiger partial charge in [0.25, 0.3) is 0 Å². The molecule has 0 bridgehead atoms. The Bertz CT molecular complexity index is 646. The molecule has 6 nitrogen and oxygen atoms in total. The summed E-state index contributed by atoms with van der Waals surface area (Å²) in [7, 11) is 3.41. The van der Waals surface area contributed by atoms with Crippen LogP contribution in [0.1, 0.15) is 31.2 Å². The number of nitrogens with zero attached hydrogens (tertiary/aromatic N) is 1. The highest BCUT2D eigenvalue weighted by atomic mass is 16.2. The van der Waals surface area contributed by atoms with Crippen molar-refractivity contribution in [3.8, 4) is 0 Å². The van der Waals surface area contributed by atoms with Gasteiger partial charge in [0.05, 0.1) is 5.41 Å². The molecule has 0 unspecified atom stereocenters. The predicted octanol–water partition coefficient (Wildman–Crippen LogP) is 2.18. The fraction of sp³-hybridized carbons (Fsp3) is 0.579. The normalized spacial score (nSPS) is 25.1. The smallest absolute Gasteiger partial charge is 0.321 e. The van der Waals surface area contributed by atoms with Crippen molar-refractivity contribution >= 4 is 17.6 Å². The number of carbonyl (C=O) groups excluding carboxylic acids is 2. The maximum absolute atomic E-state index is 12.9. The van der Waals surface area contributed by atoms with E-state index in [2.05, 4.69) is 16.0 Å². The van der Waals surface area contributed by atoms with Gasteiger partial charge >= 0.3 is 6.03 Å². The van der Waals surface area contributed by atoms with E-state index < -0.39 is 0 Å². The van der Waals surface area contributed by atoms with E-state index in [0.717, 1.165) is 43.6 Å². The van der Waals surface area contributed by atoms with Gasteiger partial charge in [-0.05, 0) is 43.0 Å². The minimum atomic E-state index is -0.227. The molecule has 0 spiro atoms. The fourth-order valence-electron chi connectivity index (χ4n) is 4.04. The van der Waals surface area contributed by atoms with E-state index in [-0.39, 0.29) is 17.4 Å². The number of fused-ring (bicyclic) bond motifs is 1. The molecule has 0 aromatic heterocycles. The summed E-state index contributed by atoms with van der Waals surface area (Å²) in [4.78, 5) is 26.1. The standard InChI is InChI=1S/C19H28N4O2/c1-23(2)18(25)22-16-8-5-6-14(10-16)11-21-17(24)19-9-4-3-7-15(19)12-20-13-19/h5-6,8,10,15,20H,3-4,7,9,11-13H2,1-2H3,(H,21,24)(H,22,25)/t15-,19+/m0/s1. The van der Waals surface area contributed by atoms with E-state index >= 15 is 0 Å². The van der Waals surface area contributed by atoms with Gasteiger partial charge < -0.3 is 20.9 Å². The second kappa shape index (κ2) is 7.44. The topological polar surface area (TPSA) is 73.5 Å². The molecule has 2 aliphatic rings. The zero-order chi connectivity index (χ0) is 17.9. The van der Waals surface area contributed by atoms with Crippen molar-refractivity contribution in [2.75, 3.05) is 32.5 Å². The SMILES string of the molecule is CN(C)C(=O)Nc1cccc(CNC(=O)[C@@]23CCCC[C@H]2CNC3)c1. The predicted molar refractivity (Wildman–Crippen MR) is 98.3 cm³/mol. The van der Waals surface area contributed by atoms with Crippen molar-refractivity contribution in [1.29, 1.82) is 0 Å². The summed E-state index contributed by atoms with van der Waals surface area (Å²) in [5, 5.41) is 9.38. The van der Waals surface area contributed by atoms with Gasteiger partial charge in [0, 0.05) is 32.9 Å². The lowest BCUT2D eigenvalue weighted by Gasteiger charge is -2.37. The second-order valence-corrected chi connectivity index (χ2v) is 7.44. The number of amides is 3. The zero-order valence-corrected chi connectivity index (χ0v) is 15.1. The lowest BCUT2D eigenvalue weighted by Crippen LogP contribution is -2.47. The van der Waals surface area contributed by atoms with Crippen molar-refractivity contribution in [2.45, 2.75) is 32.2 Å². The summed E-state index contributed by atoms with van der Waals surface area (Å²) < 4.78 is 0. The van der Waals surface area contributed by atoms with Crippen LogP contribution in [0.4, 0.5) is 10.5 Å². The summed E-state index contributed by atoms with van der Waals surface area (Å²) >= 11 is 0. The molecule has 1 saturated carbocycles. The summed E-state index contributed by atoms with van der Waals surface area (Å²) in [5.74, 6) is 0.636. The Morgan fingerprint density at radius 3 is 2.96 bits per heavy atom. The monoisotopic (exact) mass is 344 g/mol. The quantitative estimate of drug-likeness (QED) is 0.784. The van der Waals surface area contributed by atoms with E-state index in [4.69, 9.17) is 0 Å². The van der Waals surface area contributed by atoms with Gasteiger partial charge in [0.2, 0.25) is 5.91 Å². The Balaban J connectivity index is 1.61. The van der Waals surface area contributed by atoms with Crippen molar-refractivity contribution in [3.63, 3.8) is 0 Å². The number of urea groups is 1. The summed E-state index contributed by atoms with van der Waals surface area (Å²) in [5.41, 5.74) is 1.50. The van der Waals surface area contributed by atoms with Crippen LogP contribution in [-0.4, -0.2) is 44.0 Å². The number of rotatable bonds is 4. The lowest BCUT2D eigenvalue weighted by molar-refractivity contribution is -0.134. The number of hydrogen-bond acceptors (Lipinski definition) is 3. The molecule has 1 aromatic rings. The Kier molecular flexibility index (Phi) is 5.27. The molecule has 25 heavy (non-hydrogen) atoms. The highest BCUT2D eigenvalue weighted by Crippen LogP contribution is 2.43. The van der Waals surface area contributed by atoms with Crippen LogP contribution >= 0.6 is 0 Å². The van der Waals surface area contributed by atoms with Gasteiger partial charge in [-0.3, -0.25) is 4.79 Å². The highest BCUT2D eigenvalue weighted by molar-refractivity contribution is 5.89. The van der Waals surface area contributed by atoms with Crippen molar-refractivity contribution < 1.29 is 9.59 Å². The van der Waals surface area contributed by atoms with Crippen LogP contribution in [-0.2, 0) is 11.3 Å². The molecular weight excluding hydrogens is 316 g/mol. The van der Waals surface area contributed by atoms with Gasteiger partial charge in [-0.25, -0.2) is 4.79 Å². The van der Waals surface area contributed by atoms with Crippen LogP contribution in [0, 0.1) is 11.3 Å². The van der Waals surface area contributed by atoms with Crippen LogP contribution in [0.2, 0.25) is 0 Å². The largest absolute Gasteiger partial charge is 0.351 e. The molecule has 1 aromatic carbocycles. The third-order valence-electron chi connectivity index (χ3n) is 5.53. The number of carbonyl (C=O) groups is 2. The molecule has 2 fully saturated rings. The van der Waals surface area contributed by atoms with Crippen LogP contribution < -0.4 is 16.0 Å². The highest BCUT2D eigenvalue weighted by Gasteiger charge is 2.49. The van der Waals surface area contributed by atoms with Crippen LogP contribution in [0.5, 0.6) is 0 Å². The summed E-state index contributed by atoms with van der Waals surface area (Å²) in [6, 6.07) is 7.45. The van der Waals surface area contributed by atoms with E-state index in [1.165, 1.54) is 11.3 Å². The molecule has 1 aliphatic carbocycles. The fourth-order valence-corrected chi connectivity index (χ4v) is 4.04. The molecule has 3 rings (SSSR count). The molecule has 3 N–H and O–H groups in total. The van der Waals surface area contributed by atoms with E-state index in [1.54, 1.807) is 14.1 Å². The van der Waals surface area contributed by atoms with Gasteiger partial charge in [-0.1, -0.05) is 25.0 Å². The molecule has 6 heteroatoms. The molecule has 3 amide bonds. The number of benzene rings is 1. The first-order valence-electron chi connectivity index (χ1n) is 9.07. The van der Waals surface area contributed by atoms with Crippen LogP contribution in [0.3, 0.4) is 0 Å². The molecule has 136 valence electrons. The minimum absolute atomic E-state index is 0.165. The molecule has 1 saturated heterocycles. The Hall–Kier alpha value is -2.08. The number of hydrogen-bond donors (Lipinski definition) is 3. The van der Waals surface area contributed by atoms with E-state index in [0.29, 0.717) is 12.5 Å². The van der Waals surface area contributed by atoms with Gasteiger partial charge in [0.1, 0.15) is 0 Å². The molecule has 2 atom stereocenters. The Morgan fingerprint density at radius 1 is 1.32 bits per heavy atom. The lowest BCUT2D eigenvalue weighted by atomic mass is 9.67. The molecule has 1 aliphatic heterocycles. The third-order valence-corrected chi connectivity index (χ3v) is 5.53. The maximum atomic E-state index is 12.9. The van der Waals surface area contributed by atoms with E-state index in [1.807, 2.05) is 24.3 Å². The summed E-state index contributed by atoms with van der Waals surface area (Å²) in [6.45, 7) is 2.24. The van der Waals surface area contributed by atoms with Gasteiger partial charge in [-0.15, -0.1) is 0 Å². The molecule has 1 heterocycles.